The quantitative estimate of drug-likeness (QED) is 0.546. The Bertz CT molecular complexity index is 929. The lowest BCUT2D eigenvalue weighted by molar-refractivity contribution is -0.117. The number of Topliss-reactive ketones (excluding diaryl/α,β-unsaturated/α-hetero) is 1. The minimum atomic E-state index is -0.589. The number of nitrogens with one attached hydrogen (secondary N) is 1. The zero-order valence-corrected chi connectivity index (χ0v) is 14.9. The summed E-state index contributed by atoms with van der Waals surface area (Å²) in [5.41, 5.74) is 2.77. The van der Waals surface area contributed by atoms with Gasteiger partial charge in [-0.15, -0.1) is 0 Å². The predicted octanol–water partition coefficient (Wildman–Crippen LogP) is 4.36. The highest BCUT2D eigenvalue weighted by atomic mass is 35.5. The van der Waals surface area contributed by atoms with Crippen LogP contribution in [-0.4, -0.2) is 22.1 Å². The van der Waals surface area contributed by atoms with Crippen LogP contribution in [0.2, 0.25) is 5.02 Å². The minimum absolute atomic E-state index is 0.0540. The maximum absolute atomic E-state index is 12.9. The molecule has 1 atom stereocenters. The van der Waals surface area contributed by atoms with Gasteiger partial charge in [0, 0.05) is 28.3 Å². The molecule has 0 aliphatic heterocycles. The Morgan fingerprint density at radius 3 is 2.56 bits per heavy atom. The molecule has 5 heteroatoms. The molecule has 3 aromatic rings. The number of hydrogen-bond acceptors (Lipinski definition) is 2. The number of aromatic nitrogens is 1. The van der Waals surface area contributed by atoms with E-state index in [4.69, 9.17) is 11.6 Å². The molecule has 0 fully saturated rings. The molecule has 4 nitrogen and oxygen atoms in total. The van der Waals surface area contributed by atoms with E-state index in [2.05, 4.69) is 5.32 Å². The van der Waals surface area contributed by atoms with Crippen LogP contribution in [0.5, 0.6) is 0 Å². The molecule has 0 unspecified atom stereocenters. The number of ketones is 1. The Morgan fingerprint density at radius 2 is 1.88 bits per heavy atom. The number of pyridine rings is 1. The predicted molar refractivity (Wildman–Crippen MR) is 100 cm³/mol. The molecule has 0 aliphatic rings. The van der Waals surface area contributed by atoms with Gasteiger partial charge in [0.25, 0.3) is 11.7 Å². The van der Waals surface area contributed by atoms with Crippen LogP contribution in [0.3, 0.4) is 0 Å². The van der Waals surface area contributed by atoms with E-state index in [1.807, 2.05) is 50.2 Å². The summed E-state index contributed by atoms with van der Waals surface area (Å²) in [5.74, 6) is -1.13. The third-order valence-electron chi connectivity index (χ3n) is 4.25. The van der Waals surface area contributed by atoms with Gasteiger partial charge in [0.2, 0.25) is 0 Å². The third kappa shape index (κ3) is 3.44. The second-order valence-corrected chi connectivity index (χ2v) is 6.46. The highest BCUT2D eigenvalue weighted by Gasteiger charge is 2.25. The van der Waals surface area contributed by atoms with Gasteiger partial charge in [0.1, 0.15) is 5.69 Å². The van der Waals surface area contributed by atoms with Crippen LogP contribution in [0, 0.1) is 0 Å². The monoisotopic (exact) mass is 354 g/mol. The average molecular weight is 355 g/mol. The Balaban J connectivity index is 2.12. The van der Waals surface area contributed by atoms with E-state index in [-0.39, 0.29) is 6.04 Å². The normalized spacial score (nSPS) is 12.1. The first kappa shape index (κ1) is 17.2. The van der Waals surface area contributed by atoms with Crippen LogP contribution in [0.1, 0.15) is 30.8 Å². The second kappa shape index (κ2) is 7.11. The van der Waals surface area contributed by atoms with E-state index in [1.165, 1.54) is 0 Å². The summed E-state index contributed by atoms with van der Waals surface area (Å²) in [4.78, 5) is 25.3. The molecule has 0 saturated carbocycles. The maximum Gasteiger partial charge on any atom is 0.294 e. The summed E-state index contributed by atoms with van der Waals surface area (Å²) in [5, 5.41) is 3.37. The van der Waals surface area contributed by atoms with Crippen LogP contribution in [-0.2, 0) is 4.79 Å². The van der Waals surface area contributed by atoms with Crippen LogP contribution in [0.4, 0.5) is 0 Å². The molecule has 2 heterocycles. The Kier molecular flexibility index (Phi) is 4.91. The third-order valence-corrected chi connectivity index (χ3v) is 4.50. The van der Waals surface area contributed by atoms with Gasteiger partial charge in [0.05, 0.1) is 0 Å². The lowest BCUT2D eigenvalue weighted by Crippen LogP contribution is -2.37. The van der Waals surface area contributed by atoms with Gasteiger partial charge in [-0.05, 0) is 49.2 Å². The SMILES string of the molecule is CC[C@H](C)NC(=O)C(=O)c1c(-c2ccc(Cl)cc2)cc2ccccn12. The first-order chi connectivity index (χ1) is 12.0. The van der Waals surface area contributed by atoms with Crippen LogP contribution in [0.15, 0.2) is 54.7 Å². The molecule has 3 rings (SSSR count). The van der Waals surface area contributed by atoms with Crippen LogP contribution in [0.25, 0.3) is 16.6 Å². The van der Waals surface area contributed by atoms with E-state index >= 15 is 0 Å². The van der Waals surface area contributed by atoms with E-state index in [9.17, 15) is 9.59 Å². The topological polar surface area (TPSA) is 50.6 Å². The number of amides is 1. The summed E-state index contributed by atoms with van der Waals surface area (Å²) < 4.78 is 1.75. The standard InChI is InChI=1S/C20H19ClN2O2/c1-3-13(2)22-20(25)19(24)18-17(14-7-9-15(21)10-8-14)12-16-6-4-5-11-23(16)18/h4-13H,3H2,1-2H3,(H,22,25)/t13-/m0/s1. The summed E-state index contributed by atoms with van der Waals surface area (Å²) in [6.45, 7) is 3.84. The summed E-state index contributed by atoms with van der Waals surface area (Å²) in [7, 11) is 0. The first-order valence-electron chi connectivity index (χ1n) is 8.22. The first-order valence-corrected chi connectivity index (χ1v) is 8.60. The van der Waals surface area contributed by atoms with Gasteiger partial charge in [0.15, 0.2) is 0 Å². The fourth-order valence-electron chi connectivity index (χ4n) is 2.70. The number of fused-ring (bicyclic) bond motifs is 1. The van der Waals surface area contributed by atoms with Crippen molar-refractivity contribution in [2.45, 2.75) is 26.3 Å². The molecule has 1 amide bonds. The Morgan fingerprint density at radius 1 is 1.16 bits per heavy atom. The number of rotatable bonds is 5. The largest absolute Gasteiger partial charge is 0.347 e. The van der Waals surface area contributed by atoms with Crippen molar-refractivity contribution in [1.82, 2.24) is 9.72 Å². The van der Waals surface area contributed by atoms with E-state index < -0.39 is 11.7 Å². The highest BCUT2D eigenvalue weighted by molar-refractivity contribution is 6.43. The number of nitrogens with zero attached hydrogens (tertiary/aromatic N) is 1. The van der Waals surface area contributed by atoms with Gasteiger partial charge in [-0.2, -0.15) is 0 Å². The van der Waals surface area contributed by atoms with Crippen molar-refractivity contribution in [3.05, 3.63) is 65.4 Å². The lowest BCUT2D eigenvalue weighted by atomic mass is 10.0. The Labute approximate surface area is 151 Å². The number of halogens is 1. The van der Waals surface area contributed by atoms with E-state index in [1.54, 1.807) is 22.7 Å². The maximum atomic E-state index is 12.9. The fraction of sp³-hybridized carbons (Fsp3) is 0.200. The smallest absolute Gasteiger partial charge is 0.294 e. The van der Waals surface area contributed by atoms with Crippen molar-refractivity contribution in [3.8, 4) is 11.1 Å². The number of carbonyl (C=O) groups is 2. The molecule has 128 valence electrons. The molecule has 1 N–H and O–H groups in total. The highest BCUT2D eigenvalue weighted by Crippen LogP contribution is 2.29. The van der Waals surface area contributed by atoms with Gasteiger partial charge in [-0.3, -0.25) is 9.59 Å². The zero-order valence-electron chi connectivity index (χ0n) is 14.1. The van der Waals surface area contributed by atoms with E-state index in [0.717, 1.165) is 17.5 Å². The van der Waals surface area contributed by atoms with Crippen molar-refractivity contribution in [1.29, 1.82) is 0 Å². The van der Waals surface area contributed by atoms with Crippen molar-refractivity contribution in [3.63, 3.8) is 0 Å². The summed E-state index contributed by atoms with van der Waals surface area (Å²) in [6.07, 6.45) is 2.55. The van der Waals surface area contributed by atoms with Crippen molar-refractivity contribution < 1.29 is 9.59 Å². The number of benzene rings is 1. The molecule has 0 spiro atoms. The summed E-state index contributed by atoms with van der Waals surface area (Å²) >= 11 is 5.97. The minimum Gasteiger partial charge on any atom is -0.347 e. The number of carbonyl (C=O) groups excluding carboxylic acids is 2. The second-order valence-electron chi connectivity index (χ2n) is 6.02. The van der Waals surface area contributed by atoms with E-state index in [0.29, 0.717) is 16.3 Å². The van der Waals surface area contributed by atoms with Gasteiger partial charge in [-0.1, -0.05) is 36.7 Å². The van der Waals surface area contributed by atoms with Gasteiger partial charge >= 0.3 is 0 Å². The molecule has 0 bridgehead atoms. The molecule has 0 aliphatic carbocycles. The lowest BCUT2D eigenvalue weighted by Gasteiger charge is -2.11. The zero-order chi connectivity index (χ0) is 18.0. The van der Waals surface area contributed by atoms with Crippen molar-refractivity contribution in [2.24, 2.45) is 0 Å². The fourth-order valence-corrected chi connectivity index (χ4v) is 2.83. The molecule has 2 aromatic heterocycles. The molecule has 0 saturated heterocycles. The molecular formula is C20H19ClN2O2. The molecule has 25 heavy (non-hydrogen) atoms. The molecular weight excluding hydrogens is 336 g/mol. The van der Waals surface area contributed by atoms with Crippen LogP contribution < -0.4 is 5.32 Å². The van der Waals surface area contributed by atoms with Crippen molar-refractivity contribution >= 4 is 28.8 Å². The van der Waals surface area contributed by atoms with Crippen molar-refractivity contribution in [2.75, 3.05) is 0 Å². The summed E-state index contributed by atoms with van der Waals surface area (Å²) in [6, 6.07) is 14.7. The Hall–Kier alpha value is -2.59. The number of hydrogen-bond donors (Lipinski definition) is 1. The van der Waals surface area contributed by atoms with Crippen LogP contribution >= 0.6 is 11.6 Å². The molecule has 1 aromatic carbocycles. The van der Waals surface area contributed by atoms with Gasteiger partial charge in [-0.25, -0.2) is 0 Å². The average Bonchev–Trinajstić information content (AvgIpc) is 3.00. The molecule has 0 radical (unpaired) electrons. The van der Waals surface area contributed by atoms with Gasteiger partial charge < -0.3 is 9.72 Å².